The summed E-state index contributed by atoms with van der Waals surface area (Å²) >= 11 is 7.88. The summed E-state index contributed by atoms with van der Waals surface area (Å²) in [6.45, 7) is 0. The Morgan fingerprint density at radius 3 is 2.45 bits per heavy atom. The fourth-order valence-corrected chi connectivity index (χ4v) is 2.10. The number of halogens is 2. The van der Waals surface area contributed by atoms with Gasteiger partial charge in [0.1, 0.15) is 10.8 Å². The Labute approximate surface area is 129 Å². The van der Waals surface area contributed by atoms with Gasteiger partial charge in [0, 0.05) is 11.3 Å². The van der Waals surface area contributed by atoms with Gasteiger partial charge in [0.05, 0.1) is 10.0 Å². The number of nitrogens with two attached hydrogens (primary N) is 1. The molecule has 2 aromatic rings. The molecule has 3 N–H and O–H groups in total. The fourth-order valence-electron chi connectivity index (χ4n) is 1.60. The van der Waals surface area contributed by atoms with E-state index in [1.807, 2.05) is 0 Å². The van der Waals surface area contributed by atoms with E-state index in [1.54, 1.807) is 30.3 Å². The fraction of sp³-hybridized carbons (Fsp3) is 0. The van der Waals surface area contributed by atoms with Crippen molar-refractivity contribution in [3.63, 3.8) is 0 Å². The van der Waals surface area contributed by atoms with Crippen LogP contribution in [-0.4, -0.2) is 10.9 Å². The molecule has 20 heavy (non-hydrogen) atoms. The molecule has 0 radical (unpaired) electrons. The van der Waals surface area contributed by atoms with Crippen LogP contribution in [-0.2, 0) is 0 Å². The van der Waals surface area contributed by atoms with Crippen LogP contribution >= 0.6 is 28.1 Å². The third-order valence-corrected chi connectivity index (χ3v) is 3.47. The highest BCUT2D eigenvalue weighted by atomic mass is 79.9. The molecule has 2 rings (SSSR count). The monoisotopic (exact) mass is 352 g/mol. The van der Waals surface area contributed by atoms with Crippen molar-refractivity contribution in [2.45, 2.75) is 0 Å². The molecule has 1 amide bonds. The Kier molecular flexibility index (Phi) is 4.46. The van der Waals surface area contributed by atoms with E-state index in [-0.39, 0.29) is 15.0 Å². The second-order valence-electron chi connectivity index (χ2n) is 4.00. The normalized spacial score (nSPS) is 10.1. The first-order chi connectivity index (χ1) is 9.49. The lowest BCUT2D eigenvalue weighted by Gasteiger charge is -2.07. The molecule has 0 aliphatic heterocycles. The van der Waals surface area contributed by atoms with Crippen LogP contribution in [0.3, 0.4) is 0 Å². The van der Waals surface area contributed by atoms with Gasteiger partial charge in [0.25, 0.3) is 5.91 Å². The number of carbonyl (C=O) groups excluding carboxylic acids is 1. The number of hydrogen-bond acceptors (Lipinski definition) is 2. The minimum absolute atomic E-state index is 0.0298. The van der Waals surface area contributed by atoms with Gasteiger partial charge in [-0.15, -0.1) is 0 Å². The Balaban J connectivity index is 2.19. The van der Waals surface area contributed by atoms with Gasteiger partial charge in [-0.1, -0.05) is 18.3 Å². The molecule has 6 heteroatoms. The molecule has 0 saturated carbocycles. The van der Waals surface area contributed by atoms with Crippen molar-refractivity contribution in [3.8, 4) is 0 Å². The van der Waals surface area contributed by atoms with Crippen molar-refractivity contribution < 1.29 is 9.18 Å². The van der Waals surface area contributed by atoms with Gasteiger partial charge >= 0.3 is 0 Å². The molecule has 0 unspecified atom stereocenters. The molecule has 0 aromatic heterocycles. The Hall–Kier alpha value is -1.79. The van der Waals surface area contributed by atoms with Gasteiger partial charge in [0.15, 0.2) is 0 Å². The molecule has 0 fully saturated rings. The highest BCUT2D eigenvalue weighted by Gasteiger charge is 2.13. The van der Waals surface area contributed by atoms with E-state index in [2.05, 4.69) is 21.2 Å². The number of hydrogen-bond donors (Lipinski definition) is 2. The molecule has 0 heterocycles. The second-order valence-corrected chi connectivity index (χ2v) is 5.29. The van der Waals surface area contributed by atoms with Crippen LogP contribution in [0.4, 0.5) is 10.1 Å². The van der Waals surface area contributed by atoms with E-state index >= 15 is 0 Å². The highest BCUT2D eigenvalue weighted by molar-refractivity contribution is 9.10. The van der Waals surface area contributed by atoms with Crippen molar-refractivity contribution in [2.24, 2.45) is 5.73 Å². The van der Waals surface area contributed by atoms with E-state index in [0.717, 1.165) is 0 Å². The summed E-state index contributed by atoms with van der Waals surface area (Å²) in [6.07, 6.45) is 0. The van der Waals surface area contributed by atoms with E-state index < -0.39 is 11.7 Å². The van der Waals surface area contributed by atoms with Crippen LogP contribution in [0.1, 0.15) is 15.9 Å². The van der Waals surface area contributed by atoms with Gasteiger partial charge < -0.3 is 11.1 Å². The number of rotatable bonds is 3. The number of anilines is 1. The smallest absolute Gasteiger partial charge is 0.258 e. The van der Waals surface area contributed by atoms with E-state index in [0.29, 0.717) is 11.3 Å². The summed E-state index contributed by atoms with van der Waals surface area (Å²) < 4.78 is 14.0. The standard InChI is InChI=1S/C14H10BrFN2OS/c15-11-3-1-2-10(12(11)16)14(19)18-9-6-4-8(5-7-9)13(17)20/h1-7H,(H2,17,20)(H,18,19). The largest absolute Gasteiger partial charge is 0.389 e. The Morgan fingerprint density at radius 1 is 1.20 bits per heavy atom. The topological polar surface area (TPSA) is 55.1 Å². The van der Waals surface area contributed by atoms with Gasteiger partial charge in [-0.05, 0) is 52.3 Å². The van der Waals surface area contributed by atoms with Crippen LogP contribution < -0.4 is 11.1 Å². The summed E-state index contributed by atoms with van der Waals surface area (Å²) in [7, 11) is 0. The first-order valence-corrected chi connectivity index (χ1v) is 6.84. The Bertz CT molecular complexity index is 673. The maximum Gasteiger partial charge on any atom is 0.258 e. The molecule has 102 valence electrons. The maximum absolute atomic E-state index is 13.8. The van der Waals surface area contributed by atoms with E-state index in [9.17, 15) is 9.18 Å². The first kappa shape index (κ1) is 14.6. The van der Waals surface area contributed by atoms with Crippen LogP contribution in [0.2, 0.25) is 0 Å². The zero-order valence-electron chi connectivity index (χ0n) is 10.2. The summed E-state index contributed by atoms with van der Waals surface area (Å²) in [5.74, 6) is -1.11. The lowest BCUT2D eigenvalue weighted by atomic mass is 10.1. The lowest BCUT2D eigenvalue weighted by Crippen LogP contribution is -2.14. The summed E-state index contributed by atoms with van der Waals surface area (Å²) in [6, 6.07) is 11.2. The average molecular weight is 353 g/mol. The number of nitrogens with one attached hydrogen (secondary N) is 1. The SMILES string of the molecule is NC(=S)c1ccc(NC(=O)c2cccc(Br)c2F)cc1. The Morgan fingerprint density at radius 2 is 1.85 bits per heavy atom. The number of benzene rings is 2. The van der Waals surface area contributed by atoms with Crippen molar-refractivity contribution in [1.82, 2.24) is 0 Å². The van der Waals surface area contributed by atoms with E-state index in [1.165, 1.54) is 12.1 Å². The molecular weight excluding hydrogens is 343 g/mol. The maximum atomic E-state index is 13.8. The van der Waals surface area contributed by atoms with Gasteiger partial charge in [-0.2, -0.15) is 0 Å². The summed E-state index contributed by atoms with van der Waals surface area (Å²) in [5.41, 5.74) is 6.69. The number of thiocarbonyl (C=S) groups is 1. The zero-order chi connectivity index (χ0) is 14.7. The molecule has 0 atom stereocenters. The van der Waals surface area contributed by atoms with Crippen LogP contribution in [0, 0.1) is 5.82 Å². The summed E-state index contributed by atoms with van der Waals surface area (Å²) in [5, 5.41) is 2.61. The molecule has 2 aromatic carbocycles. The quantitative estimate of drug-likeness (QED) is 0.831. The van der Waals surface area contributed by atoms with Crippen molar-refractivity contribution >= 4 is 44.7 Å². The average Bonchev–Trinajstić information content (AvgIpc) is 2.42. The zero-order valence-corrected chi connectivity index (χ0v) is 12.6. The van der Waals surface area contributed by atoms with Crippen molar-refractivity contribution in [2.75, 3.05) is 5.32 Å². The van der Waals surface area contributed by atoms with Gasteiger partial charge in [0.2, 0.25) is 0 Å². The minimum Gasteiger partial charge on any atom is -0.389 e. The van der Waals surface area contributed by atoms with Gasteiger partial charge in [-0.3, -0.25) is 4.79 Å². The molecule has 0 aliphatic rings. The van der Waals surface area contributed by atoms with Crippen LogP contribution in [0.25, 0.3) is 0 Å². The van der Waals surface area contributed by atoms with Crippen LogP contribution in [0.5, 0.6) is 0 Å². The lowest BCUT2D eigenvalue weighted by molar-refractivity contribution is 0.102. The number of carbonyl (C=O) groups is 1. The van der Waals surface area contributed by atoms with Gasteiger partial charge in [-0.25, -0.2) is 4.39 Å². The first-order valence-electron chi connectivity index (χ1n) is 5.64. The predicted molar refractivity (Wildman–Crippen MR) is 84.4 cm³/mol. The second kappa shape index (κ2) is 6.11. The third-order valence-electron chi connectivity index (χ3n) is 2.62. The molecule has 0 spiro atoms. The minimum atomic E-state index is -0.593. The predicted octanol–water partition coefficient (Wildman–Crippen LogP) is 3.47. The highest BCUT2D eigenvalue weighted by Crippen LogP contribution is 2.20. The summed E-state index contributed by atoms with van der Waals surface area (Å²) in [4.78, 5) is 12.3. The molecule has 0 aliphatic carbocycles. The van der Waals surface area contributed by atoms with Crippen molar-refractivity contribution in [1.29, 1.82) is 0 Å². The molecular formula is C14H10BrFN2OS. The molecule has 0 bridgehead atoms. The molecule has 3 nitrogen and oxygen atoms in total. The van der Waals surface area contributed by atoms with Crippen molar-refractivity contribution in [3.05, 3.63) is 63.9 Å². The number of amides is 1. The van der Waals surface area contributed by atoms with E-state index in [4.69, 9.17) is 18.0 Å². The molecule has 0 saturated heterocycles. The third kappa shape index (κ3) is 3.20. The van der Waals surface area contributed by atoms with Crippen LogP contribution in [0.15, 0.2) is 46.9 Å².